The first-order chi connectivity index (χ1) is 29.8. The molecule has 0 saturated heterocycles. The van der Waals surface area contributed by atoms with Crippen molar-refractivity contribution in [1.29, 1.82) is 0 Å². The van der Waals surface area contributed by atoms with Crippen LogP contribution in [0.3, 0.4) is 0 Å². The Morgan fingerprint density at radius 2 is 0.869 bits per heavy atom. The van der Waals surface area contributed by atoms with Gasteiger partial charge in [0.25, 0.3) is 0 Å². The van der Waals surface area contributed by atoms with Crippen molar-refractivity contribution in [1.82, 2.24) is 0 Å². The maximum atomic E-state index is 2.64. The summed E-state index contributed by atoms with van der Waals surface area (Å²) in [6.45, 7) is 16.5. The molecule has 0 radical (unpaired) electrons. The van der Waals surface area contributed by atoms with Crippen molar-refractivity contribution in [3.63, 3.8) is 0 Å². The maximum Gasteiger partial charge on any atom is 0.209 e. The molecule has 0 N–H and O–H groups in total. The van der Waals surface area contributed by atoms with Crippen molar-refractivity contribution >= 4 is 17.1 Å². The SMILES string of the molecule is CCCCCCCCCCCCCCCCCC[N+]1=C(/C=C/C=C/C=C2/N(CCCCCCCCCCCCCCCC)c3ccccc3C2(C)C)C(C)(C)c2ccccc21. The van der Waals surface area contributed by atoms with Crippen LogP contribution in [0.2, 0.25) is 0 Å². The van der Waals surface area contributed by atoms with Crippen LogP contribution in [0.15, 0.2) is 84.6 Å². The minimum atomic E-state index is -0.00606. The molecule has 0 saturated carbocycles. The van der Waals surface area contributed by atoms with Gasteiger partial charge in [-0.1, -0.05) is 256 Å². The number of hydrogen-bond donors (Lipinski definition) is 0. The van der Waals surface area contributed by atoms with Crippen LogP contribution in [-0.4, -0.2) is 23.4 Å². The van der Waals surface area contributed by atoms with Crippen molar-refractivity contribution in [3.05, 3.63) is 95.7 Å². The van der Waals surface area contributed by atoms with E-state index in [4.69, 9.17) is 0 Å². The molecule has 0 fully saturated rings. The van der Waals surface area contributed by atoms with Crippen LogP contribution >= 0.6 is 0 Å². The van der Waals surface area contributed by atoms with Gasteiger partial charge in [0.15, 0.2) is 5.71 Å². The van der Waals surface area contributed by atoms with Gasteiger partial charge in [-0.25, -0.2) is 0 Å². The average Bonchev–Trinajstić information content (AvgIpc) is 3.61. The van der Waals surface area contributed by atoms with E-state index in [0.717, 1.165) is 13.1 Å². The first-order valence-electron chi connectivity index (χ1n) is 26.5. The number of para-hydroxylation sites is 2. The number of anilines is 1. The van der Waals surface area contributed by atoms with Crippen LogP contribution < -0.4 is 4.90 Å². The molecule has 2 aliphatic heterocycles. The highest BCUT2D eigenvalue weighted by Gasteiger charge is 2.44. The molecule has 340 valence electrons. The van der Waals surface area contributed by atoms with Crippen LogP contribution in [-0.2, 0) is 10.8 Å². The third kappa shape index (κ3) is 17.0. The summed E-state index contributed by atoms with van der Waals surface area (Å²) >= 11 is 0. The fraction of sp³-hybridized carbons (Fsp3) is 0.678. The van der Waals surface area contributed by atoms with Crippen molar-refractivity contribution in [3.8, 4) is 0 Å². The van der Waals surface area contributed by atoms with Gasteiger partial charge in [0.05, 0.1) is 5.41 Å². The third-order valence-corrected chi connectivity index (χ3v) is 14.3. The van der Waals surface area contributed by atoms with Gasteiger partial charge < -0.3 is 4.90 Å². The van der Waals surface area contributed by atoms with Crippen LogP contribution in [0, 0.1) is 0 Å². The summed E-state index contributed by atoms with van der Waals surface area (Å²) in [6.07, 6.45) is 53.9. The molecular weight excluding hydrogens is 737 g/mol. The zero-order valence-corrected chi connectivity index (χ0v) is 41.0. The fourth-order valence-corrected chi connectivity index (χ4v) is 10.4. The molecule has 0 spiro atoms. The second kappa shape index (κ2) is 29.5. The molecule has 2 heterocycles. The van der Waals surface area contributed by atoms with E-state index in [2.05, 4.69) is 130 Å². The molecular formula is C59H95N2+. The van der Waals surface area contributed by atoms with Crippen LogP contribution in [0.1, 0.15) is 245 Å². The highest BCUT2D eigenvalue weighted by Crippen LogP contribution is 2.47. The normalized spacial score (nSPS) is 16.2. The standard InChI is InChI=1S/C59H95N2/c1-7-9-11-13-15-17-19-21-23-24-26-28-30-32-34-43-51-61-55-47-41-39-45-53(55)59(5,6)57(61)49-37-35-36-48-56-58(3,4)52-44-38-40-46-54(52)60(56)50-42-33-31-29-27-25-22-20-18-16-14-12-10-8-2/h35-41,44-49H,7-34,42-43,50-51H2,1-6H3/q+1. The molecule has 0 atom stereocenters. The van der Waals surface area contributed by atoms with Gasteiger partial charge in [-0.05, 0) is 44.4 Å². The zero-order chi connectivity index (χ0) is 43.4. The van der Waals surface area contributed by atoms with E-state index < -0.39 is 0 Å². The van der Waals surface area contributed by atoms with Crippen molar-refractivity contribution in [2.24, 2.45) is 0 Å². The van der Waals surface area contributed by atoms with E-state index in [1.807, 2.05) is 0 Å². The minimum absolute atomic E-state index is 0.00572. The number of unbranched alkanes of at least 4 members (excludes halogenated alkanes) is 28. The highest BCUT2D eigenvalue weighted by molar-refractivity contribution is 6.03. The lowest BCUT2D eigenvalue weighted by atomic mass is 9.81. The number of nitrogens with zero attached hydrogens (tertiary/aromatic N) is 2. The van der Waals surface area contributed by atoms with Gasteiger partial charge in [0.1, 0.15) is 6.54 Å². The Bertz CT molecular complexity index is 1600. The Morgan fingerprint density at radius 1 is 0.443 bits per heavy atom. The Morgan fingerprint density at radius 3 is 1.38 bits per heavy atom. The molecule has 0 aliphatic carbocycles. The average molecular weight is 832 g/mol. The predicted octanol–water partition coefficient (Wildman–Crippen LogP) is 18.6. The smallest absolute Gasteiger partial charge is 0.209 e. The summed E-state index contributed by atoms with van der Waals surface area (Å²) < 4.78 is 2.64. The van der Waals surface area contributed by atoms with Gasteiger partial charge in [-0.2, -0.15) is 4.58 Å². The predicted molar refractivity (Wildman–Crippen MR) is 272 cm³/mol. The zero-order valence-electron chi connectivity index (χ0n) is 41.0. The Hall–Kier alpha value is -2.87. The van der Waals surface area contributed by atoms with Crippen molar-refractivity contribution < 1.29 is 4.58 Å². The second-order valence-corrected chi connectivity index (χ2v) is 20.2. The van der Waals surface area contributed by atoms with Crippen molar-refractivity contribution in [2.45, 2.75) is 245 Å². The summed E-state index contributed by atoms with van der Waals surface area (Å²) in [4.78, 5) is 2.63. The van der Waals surface area contributed by atoms with E-state index in [9.17, 15) is 0 Å². The summed E-state index contributed by atoms with van der Waals surface area (Å²) in [5.74, 6) is 0. The Kier molecular flexibility index (Phi) is 24.5. The lowest BCUT2D eigenvalue weighted by Crippen LogP contribution is -2.27. The lowest BCUT2D eigenvalue weighted by Gasteiger charge is -2.27. The fourth-order valence-electron chi connectivity index (χ4n) is 10.4. The molecule has 61 heavy (non-hydrogen) atoms. The monoisotopic (exact) mass is 832 g/mol. The molecule has 4 rings (SSSR count). The van der Waals surface area contributed by atoms with Crippen LogP contribution in [0.4, 0.5) is 11.4 Å². The first kappa shape index (κ1) is 50.8. The van der Waals surface area contributed by atoms with Crippen LogP contribution in [0.25, 0.3) is 0 Å². The quantitative estimate of drug-likeness (QED) is 0.0381. The number of allylic oxidation sites excluding steroid dienone is 6. The van der Waals surface area contributed by atoms with E-state index in [1.165, 1.54) is 227 Å². The lowest BCUT2D eigenvalue weighted by molar-refractivity contribution is -0.438. The van der Waals surface area contributed by atoms with Gasteiger partial charge in [-0.15, -0.1) is 0 Å². The van der Waals surface area contributed by atoms with Crippen LogP contribution in [0.5, 0.6) is 0 Å². The van der Waals surface area contributed by atoms with E-state index in [0.29, 0.717) is 0 Å². The number of fused-ring (bicyclic) bond motifs is 2. The molecule has 0 bridgehead atoms. The number of hydrogen-bond acceptors (Lipinski definition) is 1. The molecule has 2 aromatic rings. The highest BCUT2D eigenvalue weighted by atomic mass is 15.2. The number of benzene rings is 2. The van der Waals surface area contributed by atoms with E-state index in [1.54, 1.807) is 0 Å². The summed E-state index contributed by atoms with van der Waals surface area (Å²) in [5, 5.41) is 0. The van der Waals surface area contributed by atoms with E-state index >= 15 is 0 Å². The topological polar surface area (TPSA) is 6.25 Å². The minimum Gasteiger partial charge on any atom is -0.344 e. The Labute approximate surface area is 378 Å². The molecule has 0 aromatic heterocycles. The van der Waals surface area contributed by atoms with Gasteiger partial charge in [0.2, 0.25) is 5.69 Å². The third-order valence-electron chi connectivity index (χ3n) is 14.3. The Balaban J connectivity index is 1.23. The summed E-state index contributed by atoms with van der Waals surface area (Å²) in [7, 11) is 0. The van der Waals surface area contributed by atoms with E-state index in [-0.39, 0.29) is 10.8 Å². The van der Waals surface area contributed by atoms with Gasteiger partial charge in [0, 0.05) is 47.5 Å². The summed E-state index contributed by atoms with van der Waals surface area (Å²) in [6, 6.07) is 18.3. The first-order valence-corrected chi connectivity index (χ1v) is 26.5. The molecule has 2 aromatic carbocycles. The molecule has 0 amide bonds. The molecule has 2 aliphatic rings. The largest absolute Gasteiger partial charge is 0.344 e. The second-order valence-electron chi connectivity index (χ2n) is 20.2. The van der Waals surface area contributed by atoms with Crippen molar-refractivity contribution in [2.75, 3.05) is 18.0 Å². The summed E-state index contributed by atoms with van der Waals surface area (Å²) in [5.41, 5.74) is 8.58. The number of rotatable bonds is 35. The van der Waals surface area contributed by atoms with Gasteiger partial charge in [-0.3, -0.25) is 0 Å². The molecule has 0 unspecified atom stereocenters. The molecule has 2 heteroatoms. The van der Waals surface area contributed by atoms with Gasteiger partial charge >= 0.3 is 0 Å². The maximum absolute atomic E-state index is 2.64. The molecule has 2 nitrogen and oxygen atoms in total.